The molecular weight excluding hydrogens is 226 g/mol. The van der Waals surface area contributed by atoms with Gasteiger partial charge < -0.3 is 10.1 Å². The maximum atomic E-state index is 5.73. The molecule has 1 atom stereocenters. The summed E-state index contributed by atoms with van der Waals surface area (Å²) in [6.45, 7) is 3.75. The molecule has 1 aliphatic rings. The topological polar surface area (TPSA) is 47.0 Å². The maximum absolute atomic E-state index is 5.73. The third kappa shape index (κ3) is 2.29. The summed E-state index contributed by atoms with van der Waals surface area (Å²) in [6, 6.07) is 7.99. The Balaban J connectivity index is 1.74. The average molecular weight is 243 g/mol. The molecule has 2 heterocycles. The van der Waals surface area contributed by atoms with E-state index in [9.17, 15) is 0 Å². The van der Waals surface area contributed by atoms with Gasteiger partial charge in [-0.25, -0.2) is 9.97 Å². The van der Waals surface area contributed by atoms with Crippen molar-refractivity contribution in [2.45, 2.75) is 25.4 Å². The maximum Gasteiger partial charge on any atom is 0.223 e. The lowest BCUT2D eigenvalue weighted by Gasteiger charge is -2.23. The monoisotopic (exact) mass is 243 g/mol. The Morgan fingerprint density at radius 3 is 3.11 bits per heavy atom. The minimum atomic E-state index is -0.0744. The lowest BCUT2D eigenvalue weighted by atomic mass is 10.0. The highest BCUT2D eigenvalue weighted by atomic mass is 16.5. The molecule has 1 aromatic carbocycles. The van der Waals surface area contributed by atoms with Crippen LogP contribution in [0.3, 0.4) is 0 Å². The molecule has 1 fully saturated rings. The summed E-state index contributed by atoms with van der Waals surface area (Å²) in [5, 5.41) is 4.33. The summed E-state index contributed by atoms with van der Waals surface area (Å²) in [5.74, 6) is 0.672. The highest BCUT2D eigenvalue weighted by Gasteiger charge is 2.29. The summed E-state index contributed by atoms with van der Waals surface area (Å²) < 4.78 is 5.73. The van der Waals surface area contributed by atoms with Crippen molar-refractivity contribution in [2.75, 3.05) is 18.5 Å². The third-order valence-electron chi connectivity index (χ3n) is 3.41. The molecular formula is C14H17N3O. The molecule has 0 aliphatic carbocycles. The van der Waals surface area contributed by atoms with Crippen molar-refractivity contribution in [2.24, 2.45) is 0 Å². The van der Waals surface area contributed by atoms with Crippen LogP contribution in [-0.2, 0) is 4.74 Å². The lowest BCUT2D eigenvalue weighted by Crippen LogP contribution is -2.33. The van der Waals surface area contributed by atoms with Crippen LogP contribution in [0.4, 0.5) is 5.95 Å². The molecule has 3 rings (SSSR count). The van der Waals surface area contributed by atoms with E-state index >= 15 is 0 Å². The summed E-state index contributed by atoms with van der Waals surface area (Å²) in [7, 11) is 0. The van der Waals surface area contributed by atoms with Gasteiger partial charge in [0.2, 0.25) is 5.95 Å². The second-order valence-corrected chi connectivity index (χ2v) is 5.01. The zero-order chi connectivity index (χ0) is 12.4. The first kappa shape index (κ1) is 11.4. The standard InChI is InChI=1S/C14H17N3O/c1-14(7-4-8-18-14)10-16-13-15-9-11-5-2-3-6-12(11)17-13/h2-3,5-6,9H,4,7-8,10H2,1H3,(H,15,16,17). The number of ether oxygens (including phenoxy) is 1. The zero-order valence-electron chi connectivity index (χ0n) is 10.5. The Kier molecular flexibility index (Phi) is 2.88. The van der Waals surface area contributed by atoms with E-state index in [1.165, 1.54) is 0 Å². The van der Waals surface area contributed by atoms with E-state index in [1.807, 2.05) is 30.5 Å². The molecule has 1 saturated heterocycles. The van der Waals surface area contributed by atoms with Gasteiger partial charge in [0.05, 0.1) is 11.1 Å². The summed E-state index contributed by atoms with van der Waals surface area (Å²) >= 11 is 0. The molecule has 2 aromatic rings. The first-order valence-electron chi connectivity index (χ1n) is 6.35. The minimum absolute atomic E-state index is 0.0744. The van der Waals surface area contributed by atoms with Gasteiger partial charge in [-0.2, -0.15) is 0 Å². The summed E-state index contributed by atoms with van der Waals surface area (Å²) in [5.41, 5.74) is 0.891. The highest BCUT2D eigenvalue weighted by molar-refractivity contribution is 5.78. The number of hydrogen-bond acceptors (Lipinski definition) is 4. The van der Waals surface area contributed by atoms with Crippen molar-refractivity contribution >= 4 is 16.9 Å². The van der Waals surface area contributed by atoms with Crippen LogP contribution in [0.1, 0.15) is 19.8 Å². The lowest BCUT2D eigenvalue weighted by molar-refractivity contribution is 0.0314. The number of benzene rings is 1. The van der Waals surface area contributed by atoms with Crippen molar-refractivity contribution in [3.63, 3.8) is 0 Å². The fourth-order valence-electron chi connectivity index (χ4n) is 2.30. The molecule has 1 unspecified atom stereocenters. The SMILES string of the molecule is CC1(CNc2ncc3ccccc3n2)CCCO1. The molecule has 0 saturated carbocycles. The predicted molar refractivity (Wildman–Crippen MR) is 71.6 cm³/mol. The van der Waals surface area contributed by atoms with E-state index in [2.05, 4.69) is 22.2 Å². The van der Waals surface area contributed by atoms with Crippen LogP contribution in [0, 0.1) is 0 Å². The summed E-state index contributed by atoms with van der Waals surface area (Å²) in [4.78, 5) is 8.81. The Morgan fingerprint density at radius 2 is 2.28 bits per heavy atom. The van der Waals surface area contributed by atoms with E-state index < -0.39 is 0 Å². The number of fused-ring (bicyclic) bond motifs is 1. The predicted octanol–water partition coefficient (Wildman–Crippen LogP) is 2.61. The average Bonchev–Trinajstić information content (AvgIpc) is 2.84. The number of nitrogens with one attached hydrogen (secondary N) is 1. The molecule has 0 radical (unpaired) electrons. The van der Waals surface area contributed by atoms with E-state index in [1.54, 1.807) is 0 Å². The Hall–Kier alpha value is -1.68. The molecule has 1 N–H and O–H groups in total. The number of rotatable bonds is 3. The molecule has 94 valence electrons. The number of aromatic nitrogens is 2. The number of anilines is 1. The fourth-order valence-corrected chi connectivity index (χ4v) is 2.30. The second-order valence-electron chi connectivity index (χ2n) is 5.01. The van der Waals surface area contributed by atoms with Crippen molar-refractivity contribution < 1.29 is 4.74 Å². The number of para-hydroxylation sites is 1. The van der Waals surface area contributed by atoms with E-state index in [0.29, 0.717) is 5.95 Å². The smallest absolute Gasteiger partial charge is 0.223 e. The molecule has 4 heteroatoms. The van der Waals surface area contributed by atoms with Crippen LogP contribution in [-0.4, -0.2) is 28.7 Å². The van der Waals surface area contributed by atoms with Crippen molar-refractivity contribution in [1.29, 1.82) is 0 Å². The van der Waals surface area contributed by atoms with Crippen molar-refractivity contribution in [3.05, 3.63) is 30.5 Å². The van der Waals surface area contributed by atoms with E-state index in [-0.39, 0.29) is 5.60 Å². The van der Waals surface area contributed by atoms with Gasteiger partial charge in [-0.05, 0) is 25.8 Å². The normalized spacial score (nSPS) is 23.4. The molecule has 4 nitrogen and oxygen atoms in total. The van der Waals surface area contributed by atoms with Crippen LogP contribution < -0.4 is 5.32 Å². The Morgan fingerprint density at radius 1 is 1.39 bits per heavy atom. The van der Waals surface area contributed by atoms with Crippen LogP contribution in [0.2, 0.25) is 0 Å². The highest BCUT2D eigenvalue weighted by Crippen LogP contribution is 2.25. The number of nitrogens with zero attached hydrogens (tertiary/aromatic N) is 2. The van der Waals surface area contributed by atoms with Crippen LogP contribution in [0.5, 0.6) is 0 Å². The van der Waals surface area contributed by atoms with Crippen molar-refractivity contribution in [3.8, 4) is 0 Å². The molecule has 0 spiro atoms. The van der Waals surface area contributed by atoms with Gasteiger partial charge in [-0.1, -0.05) is 18.2 Å². The number of hydrogen-bond donors (Lipinski definition) is 1. The molecule has 0 bridgehead atoms. The first-order valence-corrected chi connectivity index (χ1v) is 6.35. The summed E-state index contributed by atoms with van der Waals surface area (Å²) in [6.07, 6.45) is 4.08. The van der Waals surface area contributed by atoms with Gasteiger partial charge in [0.25, 0.3) is 0 Å². The van der Waals surface area contributed by atoms with Gasteiger partial charge in [0.1, 0.15) is 0 Å². The van der Waals surface area contributed by atoms with E-state index in [0.717, 1.165) is 36.9 Å². The first-order chi connectivity index (χ1) is 8.75. The quantitative estimate of drug-likeness (QED) is 0.900. The van der Waals surface area contributed by atoms with Gasteiger partial charge >= 0.3 is 0 Å². The van der Waals surface area contributed by atoms with Crippen molar-refractivity contribution in [1.82, 2.24) is 9.97 Å². The second kappa shape index (κ2) is 4.53. The molecule has 1 aromatic heterocycles. The zero-order valence-corrected chi connectivity index (χ0v) is 10.5. The Labute approximate surface area is 106 Å². The molecule has 0 amide bonds. The van der Waals surface area contributed by atoms with Crippen LogP contribution in [0.15, 0.2) is 30.5 Å². The van der Waals surface area contributed by atoms with Crippen LogP contribution in [0.25, 0.3) is 10.9 Å². The van der Waals surface area contributed by atoms with Crippen LogP contribution >= 0.6 is 0 Å². The fraction of sp³-hybridized carbons (Fsp3) is 0.429. The molecule has 1 aliphatic heterocycles. The molecule has 18 heavy (non-hydrogen) atoms. The van der Waals surface area contributed by atoms with Gasteiger partial charge in [-0.3, -0.25) is 0 Å². The largest absolute Gasteiger partial charge is 0.373 e. The van der Waals surface area contributed by atoms with Gasteiger partial charge in [0, 0.05) is 24.7 Å². The third-order valence-corrected chi connectivity index (χ3v) is 3.41. The van der Waals surface area contributed by atoms with Gasteiger partial charge in [0.15, 0.2) is 0 Å². The van der Waals surface area contributed by atoms with E-state index in [4.69, 9.17) is 4.74 Å². The Bertz CT molecular complexity index is 549. The van der Waals surface area contributed by atoms with Gasteiger partial charge in [-0.15, -0.1) is 0 Å². The minimum Gasteiger partial charge on any atom is -0.373 e.